The normalized spacial score (nSPS) is 12.9. The Morgan fingerprint density at radius 1 is 0.931 bits per heavy atom. The number of benzene rings is 2. The zero-order valence-electron chi connectivity index (χ0n) is 17.1. The number of amides is 2. The average Bonchev–Trinajstić information content (AvgIpc) is 2.70. The van der Waals surface area contributed by atoms with Gasteiger partial charge in [0, 0.05) is 22.6 Å². The van der Waals surface area contributed by atoms with Crippen LogP contribution in [0.15, 0.2) is 48.5 Å². The zero-order chi connectivity index (χ0) is 21.4. The fourth-order valence-electron chi connectivity index (χ4n) is 3.08. The predicted octanol–water partition coefficient (Wildman–Crippen LogP) is 5.26. The number of hydrogen-bond acceptors (Lipinski definition) is 2. The molecule has 6 heteroatoms. The SMILES string of the molecule is CC[C@H](C)NC(=O)[C@H](CC)N(Cc1ccccc1Cl)C(=O)Cc1ccccc1Cl. The molecule has 0 radical (unpaired) electrons. The maximum Gasteiger partial charge on any atom is 0.243 e. The van der Waals surface area contributed by atoms with Crippen molar-refractivity contribution in [2.75, 3.05) is 0 Å². The molecule has 0 aliphatic heterocycles. The fourth-order valence-corrected chi connectivity index (χ4v) is 3.48. The Balaban J connectivity index is 2.33. The van der Waals surface area contributed by atoms with Crippen molar-refractivity contribution in [3.8, 4) is 0 Å². The molecule has 4 nitrogen and oxygen atoms in total. The summed E-state index contributed by atoms with van der Waals surface area (Å²) in [5.74, 6) is -0.314. The molecule has 0 unspecified atom stereocenters. The molecule has 29 heavy (non-hydrogen) atoms. The second-order valence-corrected chi connectivity index (χ2v) is 7.94. The minimum absolute atomic E-state index is 0.0392. The van der Waals surface area contributed by atoms with Crippen molar-refractivity contribution < 1.29 is 9.59 Å². The van der Waals surface area contributed by atoms with Gasteiger partial charge >= 0.3 is 0 Å². The molecule has 0 bridgehead atoms. The number of hydrogen-bond donors (Lipinski definition) is 1. The summed E-state index contributed by atoms with van der Waals surface area (Å²) in [6.45, 7) is 6.13. The minimum Gasteiger partial charge on any atom is -0.352 e. The molecule has 2 aromatic rings. The van der Waals surface area contributed by atoms with Crippen molar-refractivity contribution in [3.05, 3.63) is 69.7 Å². The van der Waals surface area contributed by atoms with E-state index in [1.54, 1.807) is 17.0 Å². The molecule has 0 aromatic heterocycles. The number of carbonyl (C=O) groups excluding carboxylic acids is 2. The highest BCUT2D eigenvalue weighted by Gasteiger charge is 2.29. The Morgan fingerprint density at radius 3 is 2.00 bits per heavy atom. The van der Waals surface area contributed by atoms with E-state index in [4.69, 9.17) is 23.2 Å². The van der Waals surface area contributed by atoms with E-state index >= 15 is 0 Å². The summed E-state index contributed by atoms with van der Waals surface area (Å²) in [4.78, 5) is 27.8. The standard InChI is InChI=1S/C23H28Cl2N2O2/c1-4-16(3)26-23(29)21(5-2)27(15-18-11-7-9-13-20(18)25)22(28)14-17-10-6-8-12-19(17)24/h6-13,16,21H,4-5,14-15H2,1-3H3,(H,26,29)/t16-,21-/m0/s1. The first-order valence-electron chi connectivity index (χ1n) is 9.94. The first kappa shape index (κ1) is 23.2. The highest BCUT2D eigenvalue weighted by atomic mass is 35.5. The highest BCUT2D eigenvalue weighted by molar-refractivity contribution is 6.31. The molecule has 2 amide bonds. The summed E-state index contributed by atoms with van der Waals surface area (Å²) >= 11 is 12.6. The van der Waals surface area contributed by atoms with Crippen LogP contribution < -0.4 is 5.32 Å². The van der Waals surface area contributed by atoms with Crippen LogP contribution in [0, 0.1) is 0 Å². The predicted molar refractivity (Wildman–Crippen MR) is 119 cm³/mol. The van der Waals surface area contributed by atoms with E-state index in [1.165, 1.54) is 0 Å². The number of carbonyl (C=O) groups is 2. The van der Waals surface area contributed by atoms with Crippen molar-refractivity contribution in [1.29, 1.82) is 0 Å². The van der Waals surface area contributed by atoms with Gasteiger partial charge in [-0.05, 0) is 43.0 Å². The molecule has 2 aromatic carbocycles. The van der Waals surface area contributed by atoms with Crippen molar-refractivity contribution in [3.63, 3.8) is 0 Å². The largest absolute Gasteiger partial charge is 0.352 e. The Kier molecular flexibility index (Phi) is 8.99. The third kappa shape index (κ3) is 6.48. The maximum atomic E-state index is 13.3. The average molecular weight is 435 g/mol. The zero-order valence-corrected chi connectivity index (χ0v) is 18.6. The van der Waals surface area contributed by atoms with Gasteiger partial charge in [-0.3, -0.25) is 9.59 Å². The summed E-state index contributed by atoms with van der Waals surface area (Å²) in [5.41, 5.74) is 1.54. The van der Waals surface area contributed by atoms with Crippen LogP contribution in [-0.4, -0.2) is 28.8 Å². The van der Waals surface area contributed by atoms with Crippen molar-refractivity contribution >= 4 is 35.0 Å². The van der Waals surface area contributed by atoms with Crippen molar-refractivity contribution in [2.45, 2.75) is 58.7 Å². The quantitative estimate of drug-likeness (QED) is 0.584. The number of rotatable bonds is 9. The van der Waals surface area contributed by atoms with E-state index in [0.29, 0.717) is 16.5 Å². The van der Waals surface area contributed by atoms with Gasteiger partial charge in [0.1, 0.15) is 6.04 Å². The van der Waals surface area contributed by atoms with Gasteiger partial charge in [0.25, 0.3) is 0 Å². The van der Waals surface area contributed by atoms with Gasteiger partial charge in [-0.1, -0.05) is 73.4 Å². The summed E-state index contributed by atoms with van der Waals surface area (Å²) in [7, 11) is 0. The molecule has 0 fully saturated rings. The molecule has 1 N–H and O–H groups in total. The Hall–Kier alpha value is -2.04. The van der Waals surface area contributed by atoms with Crippen LogP contribution in [0.25, 0.3) is 0 Å². The Morgan fingerprint density at radius 2 is 1.48 bits per heavy atom. The number of nitrogens with zero attached hydrogens (tertiary/aromatic N) is 1. The summed E-state index contributed by atoms with van der Waals surface area (Å²) in [6.07, 6.45) is 1.44. The molecule has 156 valence electrons. The second-order valence-electron chi connectivity index (χ2n) is 7.12. The monoisotopic (exact) mass is 434 g/mol. The Labute approximate surface area is 183 Å². The van der Waals surface area contributed by atoms with E-state index in [9.17, 15) is 9.59 Å². The Bertz CT molecular complexity index is 841. The smallest absolute Gasteiger partial charge is 0.243 e. The molecule has 2 rings (SSSR count). The lowest BCUT2D eigenvalue weighted by Crippen LogP contribution is -2.51. The summed E-state index contributed by atoms with van der Waals surface area (Å²) in [6, 6.07) is 14.1. The third-order valence-electron chi connectivity index (χ3n) is 4.98. The highest BCUT2D eigenvalue weighted by Crippen LogP contribution is 2.22. The second kappa shape index (κ2) is 11.2. The van der Waals surface area contributed by atoms with Crippen LogP contribution in [0.2, 0.25) is 10.0 Å². The molecule has 0 spiro atoms. The molecule has 0 aliphatic rings. The van der Waals surface area contributed by atoms with Crippen LogP contribution in [-0.2, 0) is 22.6 Å². The fraction of sp³-hybridized carbons (Fsp3) is 0.391. The number of halogens is 2. The van der Waals surface area contributed by atoms with Gasteiger partial charge < -0.3 is 10.2 Å². The molecule has 2 atom stereocenters. The van der Waals surface area contributed by atoms with Gasteiger partial charge in [-0.25, -0.2) is 0 Å². The lowest BCUT2D eigenvalue weighted by Gasteiger charge is -2.32. The van der Waals surface area contributed by atoms with Gasteiger partial charge in [-0.15, -0.1) is 0 Å². The van der Waals surface area contributed by atoms with Gasteiger partial charge in [0.05, 0.1) is 6.42 Å². The molecule has 0 saturated carbocycles. The number of nitrogens with one attached hydrogen (secondary N) is 1. The topological polar surface area (TPSA) is 49.4 Å². The van der Waals surface area contributed by atoms with Crippen LogP contribution in [0.1, 0.15) is 44.7 Å². The lowest BCUT2D eigenvalue weighted by atomic mass is 10.1. The molecular weight excluding hydrogens is 407 g/mol. The third-order valence-corrected chi connectivity index (χ3v) is 5.72. The van der Waals surface area contributed by atoms with Crippen LogP contribution in [0.5, 0.6) is 0 Å². The van der Waals surface area contributed by atoms with E-state index in [2.05, 4.69) is 5.32 Å². The van der Waals surface area contributed by atoms with Gasteiger partial charge in [0.2, 0.25) is 11.8 Å². The minimum atomic E-state index is -0.588. The molecule has 0 heterocycles. The lowest BCUT2D eigenvalue weighted by molar-refractivity contribution is -0.141. The summed E-state index contributed by atoms with van der Waals surface area (Å²) < 4.78 is 0. The first-order valence-corrected chi connectivity index (χ1v) is 10.7. The van der Waals surface area contributed by atoms with Crippen LogP contribution in [0.3, 0.4) is 0 Å². The van der Waals surface area contributed by atoms with E-state index in [0.717, 1.165) is 17.5 Å². The van der Waals surface area contributed by atoms with Crippen molar-refractivity contribution in [2.24, 2.45) is 0 Å². The van der Waals surface area contributed by atoms with E-state index < -0.39 is 6.04 Å². The first-order chi connectivity index (χ1) is 13.9. The summed E-state index contributed by atoms with van der Waals surface area (Å²) in [5, 5.41) is 4.11. The van der Waals surface area contributed by atoms with Gasteiger partial charge in [-0.2, -0.15) is 0 Å². The van der Waals surface area contributed by atoms with Gasteiger partial charge in [0.15, 0.2) is 0 Å². The van der Waals surface area contributed by atoms with Crippen molar-refractivity contribution in [1.82, 2.24) is 10.2 Å². The molecule has 0 saturated heterocycles. The van der Waals surface area contributed by atoms with E-state index in [1.807, 2.05) is 57.2 Å². The van der Waals surface area contributed by atoms with Crippen LogP contribution in [0.4, 0.5) is 0 Å². The maximum absolute atomic E-state index is 13.3. The molecular formula is C23H28Cl2N2O2. The molecule has 0 aliphatic carbocycles. The van der Waals surface area contributed by atoms with Crippen LogP contribution >= 0.6 is 23.2 Å². The van der Waals surface area contributed by atoms with E-state index in [-0.39, 0.29) is 30.8 Å².